The highest BCUT2D eigenvalue weighted by Gasteiger charge is 2.16. The van der Waals surface area contributed by atoms with Crippen LogP contribution in [0.25, 0.3) is 0 Å². The van der Waals surface area contributed by atoms with Gasteiger partial charge >= 0.3 is 11.1 Å². The first kappa shape index (κ1) is 11.7. The van der Waals surface area contributed by atoms with Gasteiger partial charge < -0.3 is 4.74 Å². The number of thioether (sulfide) groups is 1. The molecule has 0 fully saturated rings. The molecule has 0 spiro atoms. The number of benzene rings is 1. The van der Waals surface area contributed by atoms with Crippen LogP contribution in [0.5, 0.6) is 0 Å². The highest BCUT2D eigenvalue weighted by atomic mass is 32.2. The zero-order valence-electron chi connectivity index (χ0n) is 8.03. The molecule has 0 heterocycles. The van der Waals surface area contributed by atoms with Gasteiger partial charge in [0.1, 0.15) is 5.82 Å². The van der Waals surface area contributed by atoms with Gasteiger partial charge in [-0.25, -0.2) is 9.18 Å². The van der Waals surface area contributed by atoms with Crippen LogP contribution in [0.4, 0.5) is 4.39 Å². The fourth-order valence-electron chi connectivity index (χ4n) is 0.841. The highest BCUT2D eigenvalue weighted by Crippen LogP contribution is 2.19. The van der Waals surface area contributed by atoms with Gasteiger partial charge in [-0.3, -0.25) is 4.79 Å². The van der Waals surface area contributed by atoms with E-state index in [0.717, 1.165) is 11.8 Å². The summed E-state index contributed by atoms with van der Waals surface area (Å²) in [6.45, 7) is 1.78. The van der Waals surface area contributed by atoms with Crippen LogP contribution in [-0.4, -0.2) is 17.7 Å². The molecule has 80 valence electrons. The normalized spacial score (nSPS) is 9.73. The number of carbonyl (C=O) groups is 2. The lowest BCUT2D eigenvalue weighted by Crippen LogP contribution is -2.13. The van der Waals surface area contributed by atoms with Gasteiger partial charge in [-0.2, -0.15) is 0 Å². The molecule has 0 aliphatic carbocycles. The second-order valence-corrected chi connectivity index (χ2v) is 3.61. The molecule has 15 heavy (non-hydrogen) atoms. The van der Waals surface area contributed by atoms with Crippen molar-refractivity contribution in [3.05, 3.63) is 30.1 Å². The molecule has 0 radical (unpaired) electrons. The Morgan fingerprint density at radius 3 is 2.47 bits per heavy atom. The monoisotopic (exact) mass is 228 g/mol. The molecule has 3 nitrogen and oxygen atoms in total. The summed E-state index contributed by atoms with van der Waals surface area (Å²) in [4.78, 5) is 22.6. The maximum atomic E-state index is 12.5. The van der Waals surface area contributed by atoms with E-state index in [1.54, 1.807) is 6.92 Å². The van der Waals surface area contributed by atoms with E-state index in [1.807, 2.05) is 0 Å². The molecule has 1 rings (SSSR count). The van der Waals surface area contributed by atoms with Gasteiger partial charge in [-0.1, -0.05) is 0 Å². The second kappa shape index (κ2) is 5.50. The van der Waals surface area contributed by atoms with Crippen molar-refractivity contribution in [2.75, 3.05) is 6.61 Å². The van der Waals surface area contributed by atoms with Crippen molar-refractivity contribution in [3.8, 4) is 0 Å². The van der Waals surface area contributed by atoms with E-state index in [9.17, 15) is 14.0 Å². The number of hydrogen-bond acceptors (Lipinski definition) is 4. The Hall–Kier alpha value is -1.36. The van der Waals surface area contributed by atoms with Gasteiger partial charge in [-0.05, 0) is 43.0 Å². The Balaban J connectivity index is 2.58. The predicted octanol–water partition coefficient (Wildman–Crippen LogP) is 2.01. The van der Waals surface area contributed by atoms with Gasteiger partial charge in [-0.15, -0.1) is 0 Å². The van der Waals surface area contributed by atoms with Gasteiger partial charge in [0.25, 0.3) is 0 Å². The fraction of sp³-hybridized carbons (Fsp3) is 0.200. The third-order valence-corrected chi connectivity index (χ3v) is 2.33. The predicted molar refractivity (Wildman–Crippen MR) is 53.9 cm³/mol. The van der Waals surface area contributed by atoms with Crippen LogP contribution >= 0.6 is 11.8 Å². The van der Waals surface area contributed by atoms with E-state index in [-0.39, 0.29) is 12.4 Å². The number of halogens is 1. The average Bonchev–Trinajstić information content (AvgIpc) is 2.22. The van der Waals surface area contributed by atoms with Gasteiger partial charge in [0.05, 0.1) is 6.61 Å². The molecular weight excluding hydrogens is 219 g/mol. The first-order chi connectivity index (χ1) is 7.13. The van der Waals surface area contributed by atoms with Crippen molar-refractivity contribution in [3.63, 3.8) is 0 Å². The third kappa shape index (κ3) is 3.71. The lowest BCUT2D eigenvalue weighted by atomic mass is 10.4. The zero-order valence-corrected chi connectivity index (χ0v) is 8.84. The fourth-order valence-corrected chi connectivity index (χ4v) is 1.47. The molecule has 0 saturated heterocycles. The molecule has 0 saturated carbocycles. The number of ether oxygens (including phenoxy) is 1. The highest BCUT2D eigenvalue weighted by molar-refractivity contribution is 8.15. The van der Waals surface area contributed by atoms with Crippen molar-refractivity contribution >= 4 is 22.8 Å². The molecule has 0 amide bonds. The number of esters is 1. The molecule has 5 heteroatoms. The first-order valence-corrected chi connectivity index (χ1v) is 5.09. The molecule has 0 aliphatic rings. The summed E-state index contributed by atoms with van der Waals surface area (Å²) in [6, 6.07) is 5.30. The maximum Gasteiger partial charge on any atom is 0.386 e. The van der Waals surface area contributed by atoms with E-state index < -0.39 is 11.1 Å². The molecule has 0 unspecified atom stereocenters. The lowest BCUT2D eigenvalue weighted by molar-refractivity contribution is -0.149. The Labute approximate surface area is 90.6 Å². The first-order valence-electron chi connectivity index (χ1n) is 4.28. The minimum atomic E-state index is -0.883. The molecule has 0 aromatic heterocycles. The van der Waals surface area contributed by atoms with Crippen molar-refractivity contribution in [2.45, 2.75) is 11.8 Å². The molecular formula is C10H9FO3S. The average molecular weight is 228 g/mol. The van der Waals surface area contributed by atoms with Crippen LogP contribution in [0.2, 0.25) is 0 Å². The van der Waals surface area contributed by atoms with Gasteiger partial charge in [0.15, 0.2) is 0 Å². The maximum absolute atomic E-state index is 12.5. The molecule has 0 atom stereocenters. The topological polar surface area (TPSA) is 43.4 Å². The largest absolute Gasteiger partial charge is 0.460 e. The Bertz CT molecular complexity index is 361. The summed E-state index contributed by atoms with van der Waals surface area (Å²) in [5.41, 5.74) is 0. The van der Waals surface area contributed by atoms with Crippen molar-refractivity contribution in [1.82, 2.24) is 0 Å². The second-order valence-electron chi connectivity index (χ2n) is 2.56. The quantitative estimate of drug-likeness (QED) is 0.441. The van der Waals surface area contributed by atoms with Crippen molar-refractivity contribution < 1.29 is 18.7 Å². The summed E-state index contributed by atoms with van der Waals surface area (Å²) < 4.78 is 17.0. The van der Waals surface area contributed by atoms with Crippen LogP contribution in [0, 0.1) is 5.82 Å². The molecule has 1 aromatic rings. The van der Waals surface area contributed by atoms with Crippen LogP contribution < -0.4 is 0 Å². The van der Waals surface area contributed by atoms with E-state index in [0.29, 0.717) is 4.90 Å². The standard InChI is InChI=1S/C10H9FO3S/c1-2-14-9(12)10(13)15-8-5-3-7(11)4-6-8/h3-6H,2H2,1H3. The van der Waals surface area contributed by atoms with Gasteiger partial charge in [0.2, 0.25) is 0 Å². The molecule has 0 bridgehead atoms. The summed E-state index contributed by atoms with van der Waals surface area (Å²) in [6.07, 6.45) is 0. The molecule has 0 N–H and O–H groups in total. The van der Waals surface area contributed by atoms with E-state index in [4.69, 9.17) is 0 Å². The van der Waals surface area contributed by atoms with Crippen LogP contribution in [0.1, 0.15) is 6.92 Å². The van der Waals surface area contributed by atoms with Crippen LogP contribution in [0.15, 0.2) is 29.2 Å². The Morgan fingerprint density at radius 1 is 1.33 bits per heavy atom. The number of carbonyl (C=O) groups excluding carboxylic acids is 2. The lowest BCUT2D eigenvalue weighted by Gasteiger charge is -2.00. The number of hydrogen-bond donors (Lipinski definition) is 0. The van der Waals surface area contributed by atoms with E-state index in [1.165, 1.54) is 24.3 Å². The molecule has 0 aliphatic heterocycles. The van der Waals surface area contributed by atoms with E-state index >= 15 is 0 Å². The summed E-state index contributed by atoms with van der Waals surface area (Å²) >= 11 is 0.720. The summed E-state index contributed by atoms with van der Waals surface area (Å²) in [5.74, 6) is -1.27. The smallest absolute Gasteiger partial charge is 0.386 e. The minimum absolute atomic E-state index is 0.161. The minimum Gasteiger partial charge on any atom is -0.460 e. The Morgan fingerprint density at radius 2 is 1.93 bits per heavy atom. The van der Waals surface area contributed by atoms with Crippen LogP contribution in [0.3, 0.4) is 0 Å². The Kier molecular flexibility index (Phi) is 4.30. The SMILES string of the molecule is CCOC(=O)C(=O)Sc1ccc(F)cc1. The zero-order chi connectivity index (χ0) is 11.3. The van der Waals surface area contributed by atoms with E-state index in [2.05, 4.69) is 4.74 Å². The van der Waals surface area contributed by atoms with Gasteiger partial charge in [0, 0.05) is 4.90 Å². The summed E-state index contributed by atoms with van der Waals surface area (Å²) in [7, 11) is 0. The third-order valence-electron chi connectivity index (χ3n) is 1.47. The van der Waals surface area contributed by atoms with Crippen molar-refractivity contribution in [2.24, 2.45) is 0 Å². The van der Waals surface area contributed by atoms with Crippen LogP contribution in [-0.2, 0) is 14.3 Å². The summed E-state index contributed by atoms with van der Waals surface area (Å²) in [5, 5.41) is -0.705. The number of rotatable bonds is 2. The van der Waals surface area contributed by atoms with Crippen molar-refractivity contribution in [1.29, 1.82) is 0 Å². The molecule has 1 aromatic carbocycles.